The number of carbonyl (C=O) groups is 1. The van der Waals surface area contributed by atoms with Gasteiger partial charge in [-0.05, 0) is 45.6 Å². The molecule has 0 atom stereocenters. The zero-order valence-electron chi connectivity index (χ0n) is 18.6. The maximum absolute atomic E-state index is 13.9. The second-order valence-corrected chi connectivity index (χ2v) is 9.36. The van der Waals surface area contributed by atoms with Gasteiger partial charge in [-0.25, -0.2) is 9.50 Å². The first-order valence-electron chi connectivity index (χ1n) is 10.5. The summed E-state index contributed by atoms with van der Waals surface area (Å²) in [6.07, 6.45) is -1.90. The van der Waals surface area contributed by atoms with Crippen LogP contribution in [0, 0.1) is 10.1 Å². The van der Waals surface area contributed by atoms with E-state index in [1.54, 1.807) is 29.6 Å². The summed E-state index contributed by atoms with van der Waals surface area (Å²) in [7, 11) is 0. The van der Waals surface area contributed by atoms with Crippen molar-refractivity contribution in [2.24, 2.45) is 0 Å². The van der Waals surface area contributed by atoms with Gasteiger partial charge in [0.1, 0.15) is 11.5 Å². The fraction of sp³-hybridized carbons (Fsp3) is 0.0435. The molecule has 0 aliphatic carbocycles. The first-order chi connectivity index (χ1) is 18.1. The van der Waals surface area contributed by atoms with Gasteiger partial charge in [-0.3, -0.25) is 19.9 Å². The fourth-order valence-corrected chi connectivity index (χ4v) is 4.64. The SMILES string of the molecule is O=C(Nc1cc(Oc2cccnc2)cc([N+](=O)[O-])c1)c1nn2c(C(F)(F)F)cc(-c3cccs3)nc2c1Br. The van der Waals surface area contributed by atoms with Gasteiger partial charge < -0.3 is 10.1 Å². The Kier molecular flexibility index (Phi) is 6.54. The molecule has 0 aliphatic heterocycles. The van der Waals surface area contributed by atoms with Crippen molar-refractivity contribution < 1.29 is 27.6 Å². The zero-order chi connectivity index (χ0) is 27.0. The van der Waals surface area contributed by atoms with Gasteiger partial charge in [-0.1, -0.05) is 6.07 Å². The molecule has 5 rings (SSSR count). The molecule has 192 valence electrons. The number of hydrogen-bond donors (Lipinski definition) is 1. The summed E-state index contributed by atoms with van der Waals surface area (Å²) in [5, 5.41) is 19.4. The summed E-state index contributed by atoms with van der Waals surface area (Å²) in [6, 6.07) is 10.9. The van der Waals surface area contributed by atoms with Crippen molar-refractivity contribution >= 4 is 50.2 Å². The number of alkyl halides is 3. The minimum absolute atomic E-state index is 0.0261. The van der Waals surface area contributed by atoms with Crippen molar-refractivity contribution in [3.05, 3.63) is 92.3 Å². The van der Waals surface area contributed by atoms with Crippen LogP contribution in [-0.2, 0) is 6.18 Å². The Morgan fingerprint density at radius 3 is 2.63 bits per heavy atom. The number of ether oxygens (including phenoxy) is 1. The number of nitro benzene ring substituents is 1. The van der Waals surface area contributed by atoms with Crippen LogP contribution in [0.2, 0.25) is 0 Å². The van der Waals surface area contributed by atoms with Crippen molar-refractivity contribution in [2.45, 2.75) is 6.18 Å². The minimum Gasteiger partial charge on any atom is -0.455 e. The van der Waals surface area contributed by atoms with Crippen molar-refractivity contribution in [3.8, 4) is 22.1 Å². The summed E-state index contributed by atoms with van der Waals surface area (Å²) in [5.74, 6) is -0.611. The van der Waals surface area contributed by atoms with Crippen molar-refractivity contribution in [3.63, 3.8) is 0 Å². The highest BCUT2D eigenvalue weighted by Gasteiger charge is 2.36. The average Bonchev–Trinajstić information content (AvgIpc) is 3.52. The molecule has 0 spiro atoms. The maximum atomic E-state index is 13.9. The van der Waals surface area contributed by atoms with E-state index in [0.717, 1.165) is 18.2 Å². The summed E-state index contributed by atoms with van der Waals surface area (Å²) < 4.78 is 47.7. The number of nitro groups is 1. The number of amides is 1. The van der Waals surface area contributed by atoms with Crippen LogP contribution < -0.4 is 10.1 Å². The van der Waals surface area contributed by atoms with Gasteiger partial charge >= 0.3 is 6.18 Å². The Balaban J connectivity index is 1.54. The maximum Gasteiger partial charge on any atom is 0.433 e. The number of anilines is 1. The van der Waals surface area contributed by atoms with Gasteiger partial charge in [0.25, 0.3) is 11.6 Å². The zero-order valence-corrected chi connectivity index (χ0v) is 21.0. The van der Waals surface area contributed by atoms with Gasteiger partial charge in [0.2, 0.25) is 0 Å². The highest BCUT2D eigenvalue weighted by Crippen LogP contribution is 2.36. The monoisotopic (exact) mass is 604 g/mol. The molecule has 0 saturated heterocycles. The smallest absolute Gasteiger partial charge is 0.433 e. The number of halogens is 4. The van der Waals surface area contributed by atoms with Crippen molar-refractivity contribution in [2.75, 3.05) is 5.32 Å². The molecule has 38 heavy (non-hydrogen) atoms. The lowest BCUT2D eigenvalue weighted by molar-refractivity contribution is -0.384. The molecule has 0 aliphatic rings. The summed E-state index contributed by atoms with van der Waals surface area (Å²) >= 11 is 4.36. The number of rotatable bonds is 6. The predicted molar refractivity (Wildman–Crippen MR) is 134 cm³/mol. The standard InChI is InChI=1S/C23H12BrF3N6O4S/c24-19-20(31-32-18(23(25,26)27)10-16(30-21(19)32)17-4-2-6-38-17)22(34)29-12-7-13(33(35)36)9-15(8-12)37-14-3-1-5-28-11-14/h1-11H,(H,29,34). The largest absolute Gasteiger partial charge is 0.455 e. The lowest BCUT2D eigenvalue weighted by Gasteiger charge is -2.10. The number of fused-ring (bicyclic) bond motifs is 1. The molecule has 1 amide bonds. The third-order valence-corrected chi connectivity index (χ3v) is 6.66. The van der Waals surface area contributed by atoms with Crippen molar-refractivity contribution in [1.29, 1.82) is 0 Å². The minimum atomic E-state index is -4.80. The molecule has 0 radical (unpaired) electrons. The lowest BCUT2D eigenvalue weighted by Crippen LogP contribution is -2.16. The second-order valence-electron chi connectivity index (χ2n) is 7.62. The lowest BCUT2D eigenvalue weighted by atomic mass is 10.2. The van der Waals surface area contributed by atoms with Gasteiger partial charge in [0, 0.05) is 18.3 Å². The summed E-state index contributed by atoms with van der Waals surface area (Å²) in [5.41, 5.74) is -2.15. The van der Waals surface area contributed by atoms with Gasteiger partial charge in [0.05, 0.1) is 37.9 Å². The Bertz CT molecular complexity index is 1680. The summed E-state index contributed by atoms with van der Waals surface area (Å²) in [6.45, 7) is 0. The number of aromatic nitrogens is 4. The van der Waals surface area contributed by atoms with Gasteiger partial charge in [0.15, 0.2) is 17.0 Å². The van der Waals surface area contributed by atoms with E-state index < -0.39 is 34.1 Å². The molecule has 1 aromatic carbocycles. The Labute approximate surface area is 223 Å². The van der Waals surface area contributed by atoms with Gasteiger partial charge in [-0.2, -0.15) is 18.3 Å². The Hall–Kier alpha value is -4.37. The van der Waals surface area contributed by atoms with E-state index in [2.05, 4.69) is 36.3 Å². The highest BCUT2D eigenvalue weighted by atomic mass is 79.9. The summed E-state index contributed by atoms with van der Waals surface area (Å²) in [4.78, 5) is 32.5. The van der Waals surface area contributed by atoms with Crippen LogP contribution in [0.25, 0.3) is 16.2 Å². The molecular weight excluding hydrogens is 593 g/mol. The van der Waals surface area contributed by atoms with Crippen molar-refractivity contribution in [1.82, 2.24) is 19.6 Å². The first kappa shape index (κ1) is 25.3. The van der Waals surface area contributed by atoms with E-state index in [-0.39, 0.29) is 27.3 Å². The van der Waals surface area contributed by atoms with Crippen LogP contribution in [0.3, 0.4) is 0 Å². The van der Waals surface area contributed by atoms with Crippen LogP contribution in [-0.4, -0.2) is 30.4 Å². The molecule has 5 aromatic rings. The number of benzene rings is 1. The van der Waals surface area contributed by atoms with E-state index in [9.17, 15) is 28.1 Å². The first-order valence-corrected chi connectivity index (χ1v) is 12.2. The van der Waals surface area contributed by atoms with Crippen LogP contribution in [0.5, 0.6) is 11.5 Å². The normalized spacial score (nSPS) is 11.5. The highest BCUT2D eigenvalue weighted by molar-refractivity contribution is 9.10. The predicted octanol–water partition coefficient (Wildman–Crippen LogP) is 6.59. The van der Waals surface area contributed by atoms with E-state index in [1.165, 1.54) is 29.8 Å². The number of non-ortho nitro benzene ring substituents is 1. The number of thiophene rings is 1. The average molecular weight is 605 g/mol. The topological polar surface area (TPSA) is 125 Å². The van der Waals surface area contributed by atoms with Crippen LogP contribution in [0.4, 0.5) is 24.5 Å². The quantitative estimate of drug-likeness (QED) is 0.171. The fourth-order valence-electron chi connectivity index (χ4n) is 3.44. The molecule has 0 saturated carbocycles. The number of pyridine rings is 1. The number of nitrogens with zero attached hydrogens (tertiary/aromatic N) is 5. The Morgan fingerprint density at radius 2 is 1.97 bits per heavy atom. The van der Waals surface area contributed by atoms with E-state index in [0.29, 0.717) is 15.1 Å². The molecule has 0 bridgehead atoms. The van der Waals surface area contributed by atoms with E-state index >= 15 is 0 Å². The molecule has 1 N–H and O–H groups in total. The third kappa shape index (κ3) is 5.05. The van der Waals surface area contributed by atoms with E-state index in [1.807, 2.05) is 0 Å². The molecule has 4 aromatic heterocycles. The van der Waals surface area contributed by atoms with E-state index in [4.69, 9.17) is 4.74 Å². The second kappa shape index (κ2) is 9.83. The molecular formula is C23H12BrF3N6O4S. The van der Waals surface area contributed by atoms with Crippen LogP contribution in [0.1, 0.15) is 16.2 Å². The molecule has 10 nitrogen and oxygen atoms in total. The number of carbonyl (C=O) groups excluding carboxylic acids is 1. The molecule has 0 unspecified atom stereocenters. The number of nitrogens with one attached hydrogen (secondary N) is 1. The van der Waals surface area contributed by atoms with Gasteiger partial charge in [-0.15, -0.1) is 11.3 Å². The van der Waals surface area contributed by atoms with Crippen LogP contribution >= 0.6 is 27.3 Å². The molecule has 0 fully saturated rings. The van der Waals surface area contributed by atoms with Crippen LogP contribution in [0.15, 0.2) is 70.8 Å². The third-order valence-electron chi connectivity index (χ3n) is 5.04. The Morgan fingerprint density at radius 1 is 1.16 bits per heavy atom. The molecule has 4 heterocycles. The number of hydrogen-bond acceptors (Lipinski definition) is 8. The molecule has 15 heteroatoms.